The maximum Gasteiger partial charge on any atom is 0.160 e. The van der Waals surface area contributed by atoms with E-state index < -0.39 is 0 Å². The van der Waals surface area contributed by atoms with Gasteiger partial charge in [-0.25, -0.2) is 0 Å². The number of rotatable bonds is 7. The number of aromatic hydroxyl groups is 1. The zero-order valence-electron chi connectivity index (χ0n) is 10.7. The topological polar surface area (TPSA) is 50.7 Å². The molecule has 0 spiro atoms. The SMILES string of the molecule is COCC(C)CNCc1ccc(OC)c(O)c1. The monoisotopic (exact) mass is 239 g/mol. The molecule has 0 aliphatic carbocycles. The van der Waals surface area contributed by atoms with Gasteiger partial charge in [0.25, 0.3) is 0 Å². The third kappa shape index (κ3) is 4.63. The van der Waals surface area contributed by atoms with Gasteiger partial charge in [-0.2, -0.15) is 0 Å². The Morgan fingerprint density at radius 1 is 1.35 bits per heavy atom. The maximum atomic E-state index is 9.61. The molecule has 2 N–H and O–H groups in total. The van der Waals surface area contributed by atoms with Crippen molar-refractivity contribution >= 4 is 0 Å². The Morgan fingerprint density at radius 2 is 2.12 bits per heavy atom. The van der Waals surface area contributed by atoms with Crippen molar-refractivity contribution in [3.8, 4) is 11.5 Å². The molecule has 0 fully saturated rings. The van der Waals surface area contributed by atoms with E-state index in [1.165, 1.54) is 0 Å². The number of benzene rings is 1. The Kier molecular flexibility index (Phi) is 5.80. The highest BCUT2D eigenvalue weighted by atomic mass is 16.5. The summed E-state index contributed by atoms with van der Waals surface area (Å²) >= 11 is 0. The van der Waals surface area contributed by atoms with Crippen LogP contribution in [0, 0.1) is 5.92 Å². The molecule has 17 heavy (non-hydrogen) atoms. The van der Waals surface area contributed by atoms with Crippen LogP contribution in [-0.4, -0.2) is 32.5 Å². The van der Waals surface area contributed by atoms with Gasteiger partial charge in [0.2, 0.25) is 0 Å². The van der Waals surface area contributed by atoms with E-state index in [2.05, 4.69) is 12.2 Å². The molecule has 0 saturated heterocycles. The van der Waals surface area contributed by atoms with E-state index in [0.29, 0.717) is 11.7 Å². The van der Waals surface area contributed by atoms with Crippen molar-refractivity contribution in [1.82, 2.24) is 5.32 Å². The molecule has 4 heteroatoms. The number of hydrogen-bond donors (Lipinski definition) is 2. The van der Waals surface area contributed by atoms with Crippen molar-refractivity contribution < 1.29 is 14.6 Å². The lowest BCUT2D eigenvalue weighted by atomic mass is 10.1. The van der Waals surface area contributed by atoms with Gasteiger partial charge in [-0.1, -0.05) is 13.0 Å². The molecular weight excluding hydrogens is 218 g/mol. The van der Waals surface area contributed by atoms with E-state index in [0.717, 1.165) is 25.3 Å². The molecule has 0 heterocycles. The highest BCUT2D eigenvalue weighted by molar-refractivity contribution is 5.41. The second kappa shape index (κ2) is 7.14. The van der Waals surface area contributed by atoms with Gasteiger partial charge in [0, 0.05) is 26.8 Å². The minimum absolute atomic E-state index is 0.178. The van der Waals surface area contributed by atoms with Crippen LogP contribution in [0.2, 0.25) is 0 Å². The average Bonchev–Trinajstić information content (AvgIpc) is 2.29. The van der Waals surface area contributed by atoms with E-state index in [9.17, 15) is 5.11 Å². The Morgan fingerprint density at radius 3 is 2.71 bits per heavy atom. The van der Waals surface area contributed by atoms with Crippen LogP contribution in [0.1, 0.15) is 12.5 Å². The third-order valence-electron chi connectivity index (χ3n) is 2.52. The molecular formula is C13H21NO3. The van der Waals surface area contributed by atoms with Gasteiger partial charge in [-0.15, -0.1) is 0 Å². The van der Waals surface area contributed by atoms with E-state index >= 15 is 0 Å². The van der Waals surface area contributed by atoms with Crippen LogP contribution in [-0.2, 0) is 11.3 Å². The minimum atomic E-state index is 0.178. The predicted octanol–water partition coefficient (Wildman–Crippen LogP) is 1.77. The molecule has 0 radical (unpaired) electrons. The Balaban J connectivity index is 2.39. The van der Waals surface area contributed by atoms with Gasteiger partial charge in [-0.05, 0) is 23.6 Å². The molecule has 0 aliphatic rings. The first-order valence-electron chi connectivity index (χ1n) is 5.73. The lowest BCUT2D eigenvalue weighted by Gasteiger charge is -2.12. The fraction of sp³-hybridized carbons (Fsp3) is 0.538. The zero-order valence-corrected chi connectivity index (χ0v) is 10.7. The highest BCUT2D eigenvalue weighted by Gasteiger charge is 2.03. The van der Waals surface area contributed by atoms with Crippen LogP contribution in [0.15, 0.2) is 18.2 Å². The Hall–Kier alpha value is -1.26. The highest BCUT2D eigenvalue weighted by Crippen LogP contribution is 2.25. The molecule has 96 valence electrons. The first kappa shape index (κ1) is 13.8. The number of phenolic OH excluding ortho intramolecular Hbond substituents is 1. The molecule has 0 aliphatic heterocycles. The largest absolute Gasteiger partial charge is 0.504 e. The van der Waals surface area contributed by atoms with Crippen LogP contribution in [0.25, 0.3) is 0 Å². The number of phenols is 1. The Bertz CT molecular complexity index is 341. The van der Waals surface area contributed by atoms with Gasteiger partial charge in [0.1, 0.15) is 0 Å². The maximum absolute atomic E-state index is 9.61. The van der Waals surface area contributed by atoms with Crippen molar-refractivity contribution in [2.75, 3.05) is 27.4 Å². The summed E-state index contributed by atoms with van der Waals surface area (Å²) in [6, 6.07) is 5.42. The predicted molar refractivity (Wildman–Crippen MR) is 67.4 cm³/mol. The van der Waals surface area contributed by atoms with E-state index in [1.54, 1.807) is 26.4 Å². The summed E-state index contributed by atoms with van der Waals surface area (Å²) in [5.74, 6) is 1.16. The molecule has 1 rings (SSSR count). The second-order valence-corrected chi connectivity index (χ2v) is 4.20. The van der Waals surface area contributed by atoms with Crippen LogP contribution in [0.4, 0.5) is 0 Å². The molecule has 0 aromatic heterocycles. The Labute approximate surface area is 103 Å². The van der Waals surface area contributed by atoms with Crippen LogP contribution < -0.4 is 10.1 Å². The first-order valence-corrected chi connectivity index (χ1v) is 5.73. The summed E-state index contributed by atoms with van der Waals surface area (Å²) in [4.78, 5) is 0. The van der Waals surface area contributed by atoms with Gasteiger partial charge in [0.15, 0.2) is 11.5 Å². The molecule has 0 amide bonds. The van der Waals surface area contributed by atoms with Gasteiger partial charge in [0.05, 0.1) is 7.11 Å². The molecule has 0 bridgehead atoms. The minimum Gasteiger partial charge on any atom is -0.504 e. The van der Waals surface area contributed by atoms with E-state index in [-0.39, 0.29) is 5.75 Å². The number of nitrogens with one attached hydrogen (secondary N) is 1. The smallest absolute Gasteiger partial charge is 0.160 e. The van der Waals surface area contributed by atoms with Crippen LogP contribution >= 0.6 is 0 Å². The van der Waals surface area contributed by atoms with Crippen LogP contribution in [0.5, 0.6) is 11.5 Å². The summed E-state index contributed by atoms with van der Waals surface area (Å²) in [5.41, 5.74) is 1.04. The molecule has 1 atom stereocenters. The molecule has 1 aromatic carbocycles. The fourth-order valence-corrected chi connectivity index (χ4v) is 1.65. The quantitative estimate of drug-likeness (QED) is 0.761. The van der Waals surface area contributed by atoms with Crippen molar-refractivity contribution in [3.63, 3.8) is 0 Å². The second-order valence-electron chi connectivity index (χ2n) is 4.20. The lowest BCUT2D eigenvalue weighted by Crippen LogP contribution is -2.23. The van der Waals surface area contributed by atoms with Crippen LogP contribution in [0.3, 0.4) is 0 Å². The van der Waals surface area contributed by atoms with Gasteiger partial charge < -0.3 is 19.9 Å². The average molecular weight is 239 g/mol. The van der Waals surface area contributed by atoms with E-state index in [1.807, 2.05) is 6.07 Å². The first-order chi connectivity index (χ1) is 8.17. The number of methoxy groups -OCH3 is 2. The molecule has 1 aromatic rings. The van der Waals surface area contributed by atoms with Crippen molar-refractivity contribution in [2.45, 2.75) is 13.5 Å². The molecule has 0 saturated carbocycles. The van der Waals surface area contributed by atoms with Gasteiger partial charge in [-0.3, -0.25) is 0 Å². The summed E-state index contributed by atoms with van der Waals surface area (Å²) < 4.78 is 10.0. The zero-order chi connectivity index (χ0) is 12.7. The van der Waals surface area contributed by atoms with Crippen molar-refractivity contribution in [3.05, 3.63) is 23.8 Å². The van der Waals surface area contributed by atoms with Crippen molar-refractivity contribution in [1.29, 1.82) is 0 Å². The number of ether oxygens (including phenoxy) is 2. The molecule has 4 nitrogen and oxygen atoms in total. The lowest BCUT2D eigenvalue weighted by molar-refractivity contribution is 0.158. The van der Waals surface area contributed by atoms with Gasteiger partial charge >= 0.3 is 0 Å². The molecule has 1 unspecified atom stereocenters. The van der Waals surface area contributed by atoms with E-state index in [4.69, 9.17) is 9.47 Å². The normalized spacial score (nSPS) is 12.4. The van der Waals surface area contributed by atoms with Crippen molar-refractivity contribution in [2.24, 2.45) is 5.92 Å². The standard InChI is InChI=1S/C13H21NO3/c1-10(9-16-2)7-14-8-11-4-5-13(17-3)12(15)6-11/h4-6,10,14-15H,7-9H2,1-3H3. The number of hydrogen-bond acceptors (Lipinski definition) is 4. The summed E-state index contributed by atoms with van der Waals surface area (Å²) in [6.45, 7) is 4.50. The summed E-state index contributed by atoms with van der Waals surface area (Å²) in [6.07, 6.45) is 0. The third-order valence-corrected chi connectivity index (χ3v) is 2.52. The summed E-state index contributed by atoms with van der Waals surface area (Å²) in [7, 11) is 3.25. The summed E-state index contributed by atoms with van der Waals surface area (Å²) in [5, 5.41) is 12.9. The fourth-order valence-electron chi connectivity index (χ4n) is 1.65.